The molecule has 0 radical (unpaired) electrons. The number of H-pyrrole nitrogens is 1. The van der Waals surface area contributed by atoms with E-state index in [9.17, 15) is 13.2 Å². The number of ether oxygens (including phenoxy) is 1. The van der Waals surface area contributed by atoms with Crippen molar-refractivity contribution >= 4 is 16.0 Å². The summed E-state index contributed by atoms with van der Waals surface area (Å²) in [4.78, 5) is 14.9. The Morgan fingerprint density at radius 3 is 2.67 bits per heavy atom. The van der Waals surface area contributed by atoms with Crippen molar-refractivity contribution in [1.82, 2.24) is 19.5 Å². The molecule has 0 amide bonds. The Morgan fingerprint density at radius 1 is 1.50 bits per heavy atom. The van der Waals surface area contributed by atoms with Crippen molar-refractivity contribution in [2.45, 2.75) is 19.9 Å². The van der Waals surface area contributed by atoms with Gasteiger partial charge in [0.05, 0.1) is 25.8 Å². The number of sulfonamides is 1. The topological polar surface area (TPSA) is 105 Å². The molecule has 0 saturated heterocycles. The number of hydrogen-bond acceptors (Lipinski definition) is 6. The Morgan fingerprint density at radius 2 is 2.17 bits per heavy atom. The Bertz CT molecular complexity index is 510. The Kier molecular flexibility index (Phi) is 4.79. The fourth-order valence-corrected chi connectivity index (χ4v) is 2.28. The predicted molar refractivity (Wildman–Crippen MR) is 63.0 cm³/mol. The molecule has 0 aromatic carbocycles. The molecule has 1 N–H and O–H groups in total. The highest BCUT2D eigenvalue weighted by molar-refractivity contribution is 7.89. The summed E-state index contributed by atoms with van der Waals surface area (Å²) in [5.74, 6) is 0.155. The molecule has 0 aliphatic carbocycles. The standard InChI is InChI=1S/C9H16N4O4S/c1-7-10-8(12-11-7)6-13(2)18(15,16)5-4-9(14)17-3/h4-6H2,1-3H3,(H,10,11,12). The van der Waals surface area contributed by atoms with Gasteiger partial charge in [0.1, 0.15) is 5.82 Å². The molecule has 0 fully saturated rings. The van der Waals surface area contributed by atoms with Crippen LogP contribution in [0.15, 0.2) is 0 Å². The SMILES string of the molecule is COC(=O)CCS(=O)(=O)N(C)Cc1n[nH]c(C)n1. The number of hydrogen-bond donors (Lipinski definition) is 1. The van der Waals surface area contributed by atoms with Crippen LogP contribution in [0, 0.1) is 6.92 Å². The lowest BCUT2D eigenvalue weighted by molar-refractivity contribution is -0.140. The summed E-state index contributed by atoms with van der Waals surface area (Å²) in [6.07, 6.45) is -0.170. The van der Waals surface area contributed by atoms with Gasteiger partial charge in [0.2, 0.25) is 10.0 Å². The molecule has 9 heteroatoms. The lowest BCUT2D eigenvalue weighted by atomic mass is 10.5. The van der Waals surface area contributed by atoms with Crippen molar-refractivity contribution in [1.29, 1.82) is 0 Å². The number of methoxy groups -OCH3 is 1. The molecule has 1 aromatic heterocycles. The van der Waals surface area contributed by atoms with E-state index < -0.39 is 16.0 Å². The predicted octanol–water partition coefficient (Wildman–Crippen LogP) is -0.562. The smallest absolute Gasteiger partial charge is 0.306 e. The van der Waals surface area contributed by atoms with E-state index in [0.29, 0.717) is 11.6 Å². The van der Waals surface area contributed by atoms with Crippen LogP contribution in [0.25, 0.3) is 0 Å². The highest BCUT2D eigenvalue weighted by atomic mass is 32.2. The number of rotatable bonds is 6. The average Bonchev–Trinajstić information content (AvgIpc) is 2.71. The third kappa shape index (κ3) is 4.08. The zero-order chi connectivity index (χ0) is 13.8. The molecule has 0 bridgehead atoms. The summed E-state index contributed by atoms with van der Waals surface area (Å²) in [5, 5.41) is 6.47. The molecule has 0 atom stereocenters. The van der Waals surface area contributed by atoms with E-state index in [-0.39, 0.29) is 18.7 Å². The number of nitrogens with one attached hydrogen (secondary N) is 1. The lowest BCUT2D eigenvalue weighted by Gasteiger charge is -2.14. The third-order valence-corrected chi connectivity index (χ3v) is 4.07. The fraction of sp³-hybridized carbons (Fsp3) is 0.667. The van der Waals surface area contributed by atoms with Crippen molar-refractivity contribution in [2.75, 3.05) is 19.9 Å². The molecule has 1 heterocycles. The minimum absolute atomic E-state index is 0.0633. The van der Waals surface area contributed by atoms with Crippen LogP contribution in [0.5, 0.6) is 0 Å². The molecule has 0 aliphatic heterocycles. The first-order valence-corrected chi connectivity index (χ1v) is 6.85. The van der Waals surface area contributed by atoms with Crippen LogP contribution in [0.1, 0.15) is 18.1 Å². The van der Waals surface area contributed by atoms with Crippen molar-refractivity contribution in [3.63, 3.8) is 0 Å². The van der Waals surface area contributed by atoms with Gasteiger partial charge in [-0.2, -0.15) is 9.40 Å². The fourth-order valence-electron chi connectivity index (χ4n) is 1.23. The highest BCUT2D eigenvalue weighted by Gasteiger charge is 2.21. The maximum Gasteiger partial charge on any atom is 0.306 e. The van der Waals surface area contributed by atoms with Crippen LogP contribution < -0.4 is 0 Å². The van der Waals surface area contributed by atoms with Crippen molar-refractivity contribution in [2.24, 2.45) is 0 Å². The highest BCUT2D eigenvalue weighted by Crippen LogP contribution is 2.05. The molecule has 1 rings (SSSR count). The van der Waals surface area contributed by atoms with Gasteiger partial charge >= 0.3 is 5.97 Å². The molecule has 0 saturated carbocycles. The van der Waals surface area contributed by atoms with Crippen LogP contribution in [0.2, 0.25) is 0 Å². The van der Waals surface area contributed by atoms with Crippen LogP contribution in [0.4, 0.5) is 0 Å². The van der Waals surface area contributed by atoms with Gasteiger partial charge in [-0.05, 0) is 6.92 Å². The molecule has 0 spiro atoms. The molecule has 8 nitrogen and oxygen atoms in total. The summed E-state index contributed by atoms with van der Waals surface area (Å²) in [7, 11) is -0.883. The molecular formula is C9H16N4O4S. The van der Waals surface area contributed by atoms with E-state index in [2.05, 4.69) is 19.9 Å². The second-order valence-corrected chi connectivity index (χ2v) is 5.93. The number of esters is 1. The van der Waals surface area contributed by atoms with Gasteiger partial charge in [-0.25, -0.2) is 13.4 Å². The van der Waals surface area contributed by atoms with Gasteiger partial charge < -0.3 is 4.74 Å². The molecule has 0 unspecified atom stereocenters. The van der Waals surface area contributed by atoms with E-state index in [0.717, 1.165) is 4.31 Å². The van der Waals surface area contributed by atoms with Crippen molar-refractivity contribution in [3.05, 3.63) is 11.6 Å². The summed E-state index contributed by atoms with van der Waals surface area (Å²) in [5.41, 5.74) is 0. The average molecular weight is 276 g/mol. The molecule has 0 aliphatic rings. The van der Waals surface area contributed by atoms with E-state index >= 15 is 0 Å². The maximum atomic E-state index is 11.8. The summed E-state index contributed by atoms with van der Waals surface area (Å²) in [6, 6.07) is 0. The van der Waals surface area contributed by atoms with Gasteiger partial charge in [0.15, 0.2) is 5.82 Å². The van der Waals surface area contributed by atoms with E-state index in [1.54, 1.807) is 6.92 Å². The number of aromatic nitrogens is 3. The lowest BCUT2D eigenvalue weighted by Crippen LogP contribution is -2.30. The zero-order valence-electron chi connectivity index (χ0n) is 10.5. The van der Waals surface area contributed by atoms with E-state index in [1.165, 1.54) is 14.2 Å². The summed E-state index contributed by atoms with van der Waals surface area (Å²) >= 11 is 0. The van der Waals surface area contributed by atoms with Crippen molar-refractivity contribution < 1.29 is 17.9 Å². The minimum Gasteiger partial charge on any atom is -0.469 e. The molecule has 1 aromatic rings. The first-order chi connectivity index (χ1) is 8.35. The zero-order valence-corrected chi connectivity index (χ0v) is 11.3. The third-order valence-electron chi connectivity index (χ3n) is 2.27. The summed E-state index contributed by atoms with van der Waals surface area (Å²) < 4.78 is 29.1. The van der Waals surface area contributed by atoms with E-state index in [1.807, 2.05) is 0 Å². The molecule has 102 valence electrons. The largest absolute Gasteiger partial charge is 0.469 e. The van der Waals surface area contributed by atoms with Crippen LogP contribution in [-0.4, -0.2) is 53.8 Å². The Balaban J connectivity index is 2.59. The monoisotopic (exact) mass is 276 g/mol. The van der Waals surface area contributed by atoms with Gasteiger partial charge in [-0.1, -0.05) is 0 Å². The van der Waals surface area contributed by atoms with Gasteiger partial charge in [0, 0.05) is 7.05 Å². The maximum absolute atomic E-state index is 11.8. The molecular weight excluding hydrogens is 260 g/mol. The summed E-state index contributed by atoms with van der Waals surface area (Å²) in [6.45, 7) is 1.79. The van der Waals surface area contributed by atoms with E-state index in [4.69, 9.17) is 0 Å². The van der Waals surface area contributed by atoms with Crippen LogP contribution >= 0.6 is 0 Å². The second-order valence-electron chi connectivity index (χ2n) is 3.74. The van der Waals surface area contributed by atoms with Crippen LogP contribution in [-0.2, 0) is 26.1 Å². The number of nitrogens with zero attached hydrogens (tertiary/aromatic N) is 3. The second kappa shape index (κ2) is 5.91. The number of aryl methyl sites for hydroxylation is 1. The van der Waals surface area contributed by atoms with Crippen molar-refractivity contribution in [3.8, 4) is 0 Å². The Hall–Kier alpha value is -1.48. The first kappa shape index (κ1) is 14.6. The normalized spacial score (nSPS) is 11.8. The quantitative estimate of drug-likeness (QED) is 0.698. The number of carbonyl (C=O) groups excluding carboxylic acids is 1. The Labute approximate surface area is 105 Å². The number of carbonyl (C=O) groups is 1. The van der Waals surface area contributed by atoms with Gasteiger partial charge in [-0.3, -0.25) is 9.89 Å². The number of aromatic amines is 1. The first-order valence-electron chi connectivity index (χ1n) is 5.24. The van der Waals surface area contributed by atoms with Gasteiger partial charge in [0.25, 0.3) is 0 Å². The van der Waals surface area contributed by atoms with Crippen LogP contribution in [0.3, 0.4) is 0 Å². The molecule has 18 heavy (non-hydrogen) atoms. The minimum atomic E-state index is -3.52. The van der Waals surface area contributed by atoms with Gasteiger partial charge in [-0.15, -0.1) is 0 Å².